The predicted octanol–water partition coefficient (Wildman–Crippen LogP) is 3.59. The number of aromatic nitrogens is 1. The molecule has 1 aromatic carbocycles. The van der Waals surface area contributed by atoms with Crippen LogP contribution in [0.2, 0.25) is 0 Å². The topological polar surface area (TPSA) is 71.3 Å². The lowest BCUT2D eigenvalue weighted by atomic mass is 10.1. The first-order valence-electron chi connectivity index (χ1n) is 7.90. The zero-order chi connectivity index (χ0) is 16.1. The Morgan fingerprint density at radius 3 is 2.74 bits per heavy atom. The third-order valence-corrected chi connectivity index (χ3v) is 4.10. The van der Waals surface area contributed by atoms with Gasteiger partial charge in [-0.1, -0.05) is 6.07 Å². The summed E-state index contributed by atoms with van der Waals surface area (Å²) in [5, 5.41) is 14.4. The molecule has 23 heavy (non-hydrogen) atoms. The van der Waals surface area contributed by atoms with Gasteiger partial charge >= 0.3 is 0 Å². The fourth-order valence-corrected chi connectivity index (χ4v) is 2.87. The second-order valence-corrected chi connectivity index (χ2v) is 5.72. The smallest absolute Gasteiger partial charge is 0.292 e. The van der Waals surface area contributed by atoms with Crippen LogP contribution >= 0.6 is 0 Å². The largest absolute Gasteiger partial charge is 0.375 e. The number of anilines is 2. The number of nitro groups is 1. The molecule has 0 spiro atoms. The fourth-order valence-electron chi connectivity index (χ4n) is 2.87. The van der Waals surface area contributed by atoms with Gasteiger partial charge in [-0.2, -0.15) is 0 Å². The fraction of sp³-hybridized carbons (Fsp3) is 0.353. The maximum absolute atomic E-state index is 11.3. The van der Waals surface area contributed by atoms with Gasteiger partial charge in [-0.3, -0.25) is 15.1 Å². The molecule has 0 aliphatic carbocycles. The first-order valence-corrected chi connectivity index (χ1v) is 7.90. The summed E-state index contributed by atoms with van der Waals surface area (Å²) in [5.74, 6) is 0. The van der Waals surface area contributed by atoms with E-state index < -0.39 is 0 Å². The van der Waals surface area contributed by atoms with Crippen LogP contribution in [0.4, 0.5) is 17.1 Å². The number of pyridine rings is 1. The monoisotopic (exact) mass is 312 g/mol. The minimum Gasteiger partial charge on any atom is -0.375 e. The van der Waals surface area contributed by atoms with Crippen LogP contribution in [0.3, 0.4) is 0 Å². The summed E-state index contributed by atoms with van der Waals surface area (Å²) in [4.78, 5) is 17.3. The molecule has 1 fully saturated rings. The van der Waals surface area contributed by atoms with Crippen molar-refractivity contribution in [1.82, 2.24) is 4.98 Å². The van der Waals surface area contributed by atoms with Crippen molar-refractivity contribution in [1.29, 1.82) is 0 Å². The number of nitro benzene ring substituents is 1. The molecule has 3 rings (SSSR count). The van der Waals surface area contributed by atoms with Gasteiger partial charge in [-0.15, -0.1) is 0 Å². The number of nitrogens with zero attached hydrogens (tertiary/aromatic N) is 3. The molecule has 1 aliphatic heterocycles. The molecule has 2 aromatic rings. The van der Waals surface area contributed by atoms with Crippen LogP contribution in [0.5, 0.6) is 0 Å². The summed E-state index contributed by atoms with van der Waals surface area (Å²) in [7, 11) is 0. The second-order valence-electron chi connectivity index (χ2n) is 5.72. The minimum absolute atomic E-state index is 0.106. The number of rotatable bonds is 5. The van der Waals surface area contributed by atoms with E-state index in [0.717, 1.165) is 24.3 Å². The van der Waals surface area contributed by atoms with E-state index in [0.29, 0.717) is 12.2 Å². The van der Waals surface area contributed by atoms with E-state index in [9.17, 15) is 10.1 Å². The van der Waals surface area contributed by atoms with Crippen molar-refractivity contribution in [2.24, 2.45) is 0 Å². The van der Waals surface area contributed by atoms with Crippen LogP contribution in [-0.2, 0) is 6.54 Å². The molecule has 1 aromatic heterocycles. The summed E-state index contributed by atoms with van der Waals surface area (Å²) in [6.45, 7) is 2.54. The van der Waals surface area contributed by atoms with Gasteiger partial charge < -0.3 is 10.2 Å². The molecular formula is C17H20N4O2. The number of hydrogen-bond donors (Lipinski definition) is 1. The molecule has 0 saturated carbocycles. The summed E-state index contributed by atoms with van der Waals surface area (Å²) in [6.07, 6.45) is 7.08. The molecule has 0 radical (unpaired) electrons. The minimum atomic E-state index is -0.342. The van der Waals surface area contributed by atoms with Crippen LogP contribution in [0.25, 0.3) is 0 Å². The van der Waals surface area contributed by atoms with Gasteiger partial charge in [-0.25, -0.2) is 0 Å². The average Bonchev–Trinajstić information content (AvgIpc) is 2.61. The maximum atomic E-state index is 11.3. The zero-order valence-electron chi connectivity index (χ0n) is 12.9. The van der Waals surface area contributed by atoms with Crippen molar-refractivity contribution >= 4 is 17.1 Å². The van der Waals surface area contributed by atoms with Crippen molar-refractivity contribution in [2.45, 2.75) is 25.8 Å². The van der Waals surface area contributed by atoms with Gasteiger partial charge in [0.2, 0.25) is 0 Å². The highest BCUT2D eigenvalue weighted by Gasteiger charge is 2.17. The Morgan fingerprint density at radius 2 is 2.04 bits per heavy atom. The van der Waals surface area contributed by atoms with E-state index in [-0.39, 0.29) is 10.6 Å². The van der Waals surface area contributed by atoms with Crippen molar-refractivity contribution in [3.8, 4) is 0 Å². The molecule has 0 amide bonds. The number of nitrogens with one attached hydrogen (secondary N) is 1. The molecule has 6 heteroatoms. The number of hydrogen-bond acceptors (Lipinski definition) is 5. The van der Waals surface area contributed by atoms with Crippen LogP contribution in [0.1, 0.15) is 24.8 Å². The molecule has 0 unspecified atom stereocenters. The zero-order valence-corrected chi connectivity index (χ0v) is 12.9. The van der Waals surface area contributed by atoms with Gasteiger partial charge in [0, 0.05) is 43.8 Å². The Kier molecular flexibility index (Phi) is 4.71. The normalized spacial score (nSPS) is 14.5. The molecule has 1 N–H and O–H groups in total. The molecule has 1 saturated heterocycles. The molecule has 120 valence electrons. The van der Waals surface area contributed by atoms with Crippen LogP contribution < -0.4 is 10.2 Å². The highest BCUT2D eigenvalue weighted by atomic mass is 16.6. The Bertz CT molecular complexity index is 670. The highest BCUT2D eigenvalue weighted by Crippen LogP contribution is 2.31. The lowest BCUT2D eigenvalue weighted by molar-refractivity contribution is -0.384. The summed E-state index contributed by atoms with van der Waals surface area (Å²) in [6, 6.07) is 9.13. The molecule has 0 atom stereocenters. The van der Waals surface area contributed by atoms with Crippen LogP contribution in [-0.4, -0.2) is 23.0 Å². The Balaban J connectivity index is 1.81. The Hall–Kier alpha value is -2.63. The molecule has 2 heterocycles. The predicted molar refractivity (Wildman–Crippen MR) is 90.7 cm³/mol. The van der Waals surface area contributed by atoms with Gasteiger partial charge in [0.1, 0.15) is 5.69 Å². The maximum Gasteiger partial charge on any atom is 0.292 e. The highest BCUT2D eigenvalue weighted by molar-refractivity contribution is 5.69. The third-order valence-electron chi connectivity index (χ3n) is 4.10. The summed E-state index contributed by atoms with van der Waals surface area (Å²) >= 11 is 0. The van der Waals surface area contributed by atoms with E-state index >= 15 is 0 Å². The van der Waals surface area contributed by atoms with Crippen molar-refractivity contribution in [2.75, 3.05) is 23.3 Å². The van der Waals surface area contributed by atoms with Gasteiger partial charge in [0.25, 0.3) is 5.69 Å². The van der Waals surface area contributed by atoms with Gasteiger partial charge in [0.15, 0.2) is 0 Å². The van der Waals surface area contributed by atoms with Crippen LogP contribution in [0, 0.1) is 10.1 Å². The van der Waals surface area contributed by atoms with E-state index in [1.54, 1.807) is 18.5 Å². The van der Waals surface area contributed by atoms with Crippen LogP contribution in [0.15, 0.2) is 42.7 Å². The van der Waals surface area contributed by atoms with Gasteiger partial charge in [-0.05, 0) is 43.0 Å². The number of piperidine rings is 1. The second kappa shape index (κ2) is 7.09. The van der Waals surface area contributed by atoms with Crippen molar-refractivity contribution in [3.63, 3.8) is 0 Å². The first-order chi connectivity index (χ1) is 11.2. The quantitative estimate of drug-likeness (QED) is 0.675. The molecular weight excluding hydrogens is 292 g/mol. The number of benzene rings is 1. The standard InChI is InChI=1S/C17H20N4O2/c22-21(23)17-7-6-15(20-9-2-1-3-10-20)11-16(17)19-13-14-5-4-8-18-12-14/h4-8,11-12,19H,1-3,9-10,13H2. The first kappa shape index (κ1) is 15.3. The summed E-state index contributed by atoms with van der Waals surface area (Å²) in [5.41, 5.74) is 2.70. The van der Waals surface area contributed by atoms with Crippen molar-refractivity contribution < 1.29 is 4.92 Å². The van der Waals surface area contributed by atoms with E-state index in [4.69, 9.17) is 0 Å². The Labute approximate surface area is 135 Å². The molecule has 1 aliphatic rings. The van der Waals surface area contributed by atoms with E-state index in [1.807, 2.05) is 24.3 Å². The average molecular weight is 312 g/mol. The van der Waals surface area contributed by atoms with Crippen molar-refractivity contribution in [3.05, 3.63) is 58.4 Å². The summed E-state index contributed by atoms with van der Waals surface area (Å²) < 4.78 is 0. The SMILES string of the molecule is O=[N+]([O-])c1ccc(N2CCCCC2)cc1NCc1cccnc1. The Morgan fingerprint density at radius 1 is 1.22 bits per heavy atom. The van der Waals surface area contributed by atoms with E-state index in [2.05, 4.69) is 15.2 Å². The van der Waals surface area contributed by atoms with E-state index in [1.165, 1.54) is 19.3 Å². The molecule has 6 nitrogen and oxygen atoms in total. The molecule has 0 bridgehead atoms. The lowest BCUT2D eigenvalue weighted by Crippen LogP contribution is -2.29. The lowest BCUT2D eigenvalue weighted by Gasteiger charge is -2.29. The van der Waals surface area contributed by atoms with Gasteiger partial charge in [0.05, 0.1) is 4.92 Å². The third kappa shape index (κ3) is 3.77.